The molecule has 0 aliphatic heterocycles. The van der Waals surface area contributed by atoms with Crippen LogP contribution in [0.4, 0.5) is 0 Å². The highest BCUT2D eigenvalue weighted by molar-refractivity contribution is 5.86. The third-order valence-electron chi connectivity index (χ3n) is 4.21. The molecule has 3 rings (SSSR count). The Hall–Kier alpha value is -2.90. The Bertz CT molecular complexity index is 863. The van der Waals surface area contributed by atoms with Gasteiger partial charge in [-0.3, -0.25) is 0 Å². The van der Waals surface area contributed by atoms with Crippen molar-refractivity contribution in [3.05, 3.63) is 36.4 Å². The first-order chi connectivity index (χ1) is 14.2. The SMILES string of the molecule is CCOCOc1cc(OCOCC)cc(-c2cc3cc(OC)c(OC)cc3o2)c1. The number of hydrogen-bond donors (Lipinski definition) is 0. The van der Waals surface area contributed by atoms with Gasteiger partial charge in [-0.2, -0.15) is 0 Å². The summed E-state index contributed by atoms with van der Waals surface area (Å²) < 4.78 is 38.7. The number of methoxy groups -OCH3 is 2. The van der Waals surface area contributed by atoms with Gasteiger partial charge in [0.25, 0.3) is 0 Å². The van der Waals surface area contributed by atoms with E-state index in [0.717, 1.165) is 10.9 Å². The minimum absolute atomic E-state index is 0.152. The van der Waals surface area contributed by atoms with E-state index in [-0.39, 0.29) is 13.6 Å². The highest BCUT2D eigenvalue weighted by Gasteiger charge is 2.14. The van der Waals surface area contributed by atoms with Gasteiger partial charge >= 0.3 is 0 Å². The van der Waals surface area contributed by atoms with Crippen molar-refractivity contribution in [2.45, 2.75) is 13.8 Å². The highest BCUT2D eigenvalue weighted by Crippen LogP contribution is 2.38. The number of benzene rings is 2. The topological polar surface area (TPSA) is 68.5 Å². The predicted molar refractivity (Wildman–Crippen MR) is 109 cm³/mol. The molecule has 0 aliphatic rings. The molecule has 1 heterocycles. The van der Waals surface area contributed by atoms with Crippen LogP contribution in [0.1, 0.15) is 13.8 Å². The van der Waals surface area contributed by atoms with Crippen LogP contribution < -0.4 is 18.9 Å². The second kappa shape index (κ2) is 10.0. The van der Waals surface area contributed by atoms with E-state index in [1.165, 1.54) is 0 Å². The fourth-order valence-corrected chi connectivity index (χ4v) is 2.78. The van der Waals surface area contributed by atoms with Gasteiger partial charge in [-0.25, -0.2) is 0 Å². The van der Waals surface area contributed by atoms with Crippen LogP contribution in [0.15, 0.2) is 40.8 Å². The minimum Gasteiger partial charge on any atom is -0.493 e. The molecule has 0 radical (unpaired) electrons. The molecule has 0 amide bonds. The summed E-state index contributed by atoms with van der Waals surface area (Å²) in [5.41, 5.74) is 1.50. The zero-order valence-electron chi connectivity index (χ0n) is 17.2. The van der Waals surface area contributed by atoms with Crippen LogP contribution in [0.3, 0.4) is 0 Å². The first-order valence-corrected chi connectivity index (χ1v) is 9.40. The molecule has 1 aromatic heterocycles. The number of rotatable bonds is 11. The lowest BCUT2D eigenvalue weighted by Crippen LogP contribution is -2.04. The van der Waals surface area contributed by atoms with Gasteiger partial charge in [-0.05, 0) is 38.1 Å². The maximum absolute atomic E-state index is 6.05. The van der Waals surface area contributed by atoms with Gasteiger partial charge in [-0.1, -0.05) is 0 Å². The summed E-state index contributed by atoms with van der Waals surface area (Å²) in [6.45, 7) is 5.26. The van der Waals surface area contributed by atoms with Crippen LogP contribution in [0.2, 0.25) is 0 Å². The Kier molecular flexibility index (Phi) is 7.21. The molecule has 0 bridgehead atoms. The minimum atomic E-state index is 0.152. The maximum Gasteiger partial charge on any atom is 0.189 e. The molecule has 0 saturated carbocycles. The largest absolute Gasteiger partial charge is 0.493 e. The van der Waals surface area contributed by atoms with Crippen molar-refractivity contribution < 1.29 is 32.8 Å². The Balaban J connectivity index is 1.96. The van der Waals surface area contributed by atoms with E-state index >= 15 is 0 Å². The molecule has 0 fully saturated rings. The number of furan rings is 1. The van der Waals surface area contributed by atoms with E-state index < -0.39 is 0 Å². The van der Waals surface area contributed by atoms with Gasteiger partial charge in [0.1, 0.15) is 22.8 Å². The molecule has 0 atom stereocenters. The van der Waals surface area contributed by atoms with Crippen molar-refractivity contribution in [3.8, 4) is 34.3 Å². The van der Waals surface area contributed by atoms with Gasteiger partial charge in [0.2, 0.25) is 0 Å². The molecule has 0 unspecified atom stereocenters. The summed E-state index contributed by atoms with van der Waals surface area (Å²) in [7, 11) is 3.20. The van der Waals surface area contributed by atoms with Gasteiger partial charge in [0.05, 0.1) is 14.2 Å². The third-order valence-corrected chi connectivity index (χ3v) is 4.21. The van der Waals surface area contributed by atoms with Crippen LogP contribution in [0.5, 0.6) is 23.0 Å². The van der Waals surface area contributed by atoms with E-state index in [1.807, 2.05) is 38.1 Å². The molecule has 7 heteroatoms. The fraction of sp³-hybridized carbons (Fsp3) is 0.364. The van der Waals surface area contributed by atoms with Crippen molar-refractivity contribution >= 4 is 11.0 Å². The van der Waals surface area contributed by atoms with Crippen molar-refractivity contribution in [3.63, 3.8) is 0 Å². The van der Waals surface area contributed by atoms with Crippen molar-refractivity contribution in [2.75, 3.05) is 41.0 Å². The highest BCUT2D eigenvalue weighted by atomic mass is 16.7. The second-order valence-electron chi connectivity index (χ2n) is 6.06. The molecule has 7 nitrogen and oxygen atoms in total. The summed E-state index contributed by atoms with van der Waals surface area (Å²) in [5, 5.41) is 0.898. The molecule has 0 aliphatic carbocycles. The number of hydrogen-bond acceptors (Lipinski definition) is 7. The summed E-state index contributed by atoms with van der Waals surface area (Å²) in [6.07, 6.45) is 0. The van der Waals surface area contributed by atoms with Crippen LogP contribution in [0, 0.1) is 0 Å². The van der Waals surface area contributed by atoms with Gasteiger partial charge < -0.3 is 32.8 Å². The summed E-state index contributed by atoms with van der Waals surface area (Å²) >= 11 is 0. The number of ether oxygens (including phenoxy) is 6. The average Bonchev–Trinajstić information content (AvgIpc) is 3.16. The molecule has 0 N–H and O–H groups in total. The lowest BCUT2D eigenvalue weighted by molar-refractivity contribution is 0.0182. The van der Waals surface area contributed by atoms with Crippen molar-refractivity contribution in [2.24, 2.45) is 0 Å². The van der Waals surface area contributed by atoms with Crippen molar-refractivity contribution in [1.29, 1.82) is 0 Å². The molecule has 0 spiro atoms. The van der Waals surface area contributed by atoms with E-state index in [0.29, 0.717) is 47.6 Å². The van der Waals surface area contributed by atoms with Crippen LogP contribution in [0.25, 0.3) is 22.3 Å². The summed E-state index contributed by atoms with van der Waals surface area (Å²) in [6, 6.07) is 11.2. The fourth-order valence-electron chi connectivity index (χ4n) is 2.78. The molecular weight excluding hydrogens is 376 g/mol. The standard InChI is InChI=1S/C22H26O7/c1-5-25-13-27-17-7-15(8-18(11-17)28-14-26-6-2)19-9-16-10-21(23-3)22(24-4)12-20(16)29-19/h7-12H,5-6,13-14H2,1-4H3. The summed E-state index contributed by atoms with van der Waals surface area (Å²) in [5.74, 6) is 3.13. The molecule has 3 aromatic rings. The first kappa shape index (κ1) is 20.8. The lowest BCUT2D eigenvalue weighted by atomic mass is 10.1. The molecule has 0 saturated heterocycles. The summed E-state index contributed by atoms with van der Waals surface area (Å²) in [4.78, 5) is 0. The van der Waals surface area contributed by atoms with E-state index in [9.17, 15) is 0 Å². The lowest BCUT2D eigenvalue weighted by Gasteiger charge is -2.11. The van der Waals surface area contributed by atoms with Crippen LogP contribution in [-0.4, -0.2) is 41.0 Å². The monoisotopic (exact) mass is 402 g/mol. The van der Waals surface area contributed by atoms with Gasteiger partial charge in [0, 0.05) is 36.3 Å². The second-order valence-corrected chi connectivity index (χ2v) is 6.06. The predicted octanol–water partition coefficient (Wildman–Crippen LogP) is 4.86. The zero-order chi connectivity index (χ0) is 20.6. The molecular formula is C22H26O7. The smallest absolute Gasteiger partial charge is 0.189 e. The molecule has 156 valence electrons. The Morgan fingerprint density at radius 2 is 1.31 bits per heavy atom. The van der Waals surface area contributed by atoms with E-state index in [1.54, 1.807) is 26.4 Å². The van der Waals surface area contributed by atoms with E-state index in [4.69, 9.17) is 32.8 Å². The third kappa shape index (κ3) is 5.13. The molecule has 29 heavy (non-hydrogen) atoms. The molecule has 2 aromatic carbocycles. The zero-order valence-corrected chi connectivity index (χ0v) is 17.2. The van der Waals surface area contributed by atoms with Crippen molar-refractivity contribution in [1.82, 2.24) is 0 Å². The van der Waals surface area contributed by atoms with Gasteiger partial charge in [-0.15, -0.1) is 0 Å². The Morgan fingerprint density at radius 3 is 1.86 bits per heavy atom. The Morgan fingerprint density at radius 1 is 0.724 bits per heavy atom. The van der Waals surface area contributed by atoms with Gasteiger partial charge in [0.15, 0.2) is 25.1 Å². The maximum atomic E-state index is 6.05. The Labute approximate surface area is 170 Å². The normalized spacial score (nSPS) is 10.9. The first-order valence-electron chi connectivity index (χ1n) is 9.40. The van der Waals surface area contributed by atoms with E-state index in [2.05, 4.69) is 0 Å². The van der Waals surface area contributed by atoms with Crippen LogP contribution >= 0.6 is 0 Å². The van der Waals surface area contributed by atoms with Crippen LogP contribution in [-0.2, 0) is 9.47 Å². The quantitative estimate of drug-likeness (QED) is 0.335. The average molecular weight is 402 g/mol. The number of fused-ring (bicyclic) bond motifs is 1.